The molecular weight excluding hydrogens is 372 g/mol. The Morgan fingerprint density at radius 1 is 1.19 bits per heavy atom. The fraction of sp³-hybridized carbons (Fsp3) is 0.368. The Balaban J connectivity index is 1.72. The SMILES string of the molecule is O=C([C@@H]1CCS(=O)(=O)C1)N(CCc1ccc(Cl)cc1)Cc1cccnc1. The van der Waals surface area contributed by atoms with Crippen LogP contribution in [0.2, 0.25) is 5.02 Å². The van der Waals surface area contributed by atoms with Crippen molar-refractivity contribution >= 4 is 27.3 Å². The van der Waals surface area contributed by atoms with Crippen LogP contribution in [0.4, 0.5) is 0 Å². The standard InChI is InChI=1S/C19H21ClN2O3S/c20-18-5-3-15(4-6-18)7-10-22(13-16-2-1-9-21-12-16)19(23)17-8-11-26(24,25)14-17/h1-6,9,12,17H,7-8,10-11,13-14H2/t17-/m1/s1. The fourth-order valence-electron chi connectivity index (χ4n) is 3.14. The molecule has 0 unspecified atom stereocenters. The Morgan fingerprint density at radius 2 is 1.96 bits per heavy atom. The molecule has 0 spiro atoms. The van der Waals surface area contributed by atoms with E-state index in [2.05, 4.69) is 4.98 Å². The zero-order valence-electron chi connectivity index (χ0n) is 14.3. The van der Waals surface area contributed by atoms with Gasteiger partial charge in [0.2, 0.25) is 5.91 Å². The molecule has 2 aromatic rings. The van der Waals surface area contributed by atoms with E-state index in [1.165, 1.54) is 0 Å². The second-order valence-corrected chi connectivity index (χ2v) is 9.26. The maximum Gasteiger partial charge on any atom is 0.227 e. The van der Waals surface area contributed by atoms with Gasteiger partial charge in [0.15, 0.2) is 9.84 Å². The molecule has 0 aliphatic carbocycles. The molecule has 26 heavy (non-hydrogen) atoms. The number of hydrogen-bond donors (Lipinski definition) is 0. The highest BCUT2D eigenvalue weighted by atomic mass is 35.5. The molecule has 1 aliphatic rings. The van der Waals surface area contributed by atoms with Crippen LogP contribution in [-0.2, 0) is 27.6 Å². The smallest absolute Gasteiger partial charge is 0.227 e. The Morgan fingerprint density at radius 3 is 2.58 bits per heavy atom. The summed E-state index contributed by atoms with van der Waals surface area (Å²) in [4.78, 5) is 18.8. The van der Waals surface area contributed by atoms with Gasteiger partial charge in [-0.1, -0.05) is 29.8 Å². The molecule has 1 saturated heterocycles. The van der Waals surface area contributed by atoms with Crippen LogP contribution in [0.25, 0.3) is 0 Å². The van der Waals surface area contributed by atoms with Crippen molar-refractivity contribution in [2.45, 2.75) is 19.4 Å². The summed E-state index contributed by atoms with van der Waals surface area (Å²) >= 11 is 5.92. The van der Waals surface area contributed by atoms with Crippen molar-refractivity contribution in [3.05, 3.63) is 64.9 Å². The van der Waals surface area contributed by atoms with Crippen molar-refractivity contribution < 1.29 is 13.2 Å². The number of pyridine rings is 1. The van der Waals surface area contributed by atoms with Crippen molar-refractivity contribution in [2.75, 3.05) is 18.1 Å². The molecule has 0 radical (unpaired) electrons. The molecular formula is C19H21ClN2O3S. The van der Waals surface area contributed by atoms with Crippen molar-refractivity contribution in [3.8, 4) is 0 Å². The molecule has 2 heterocycles. The van der Waals surface area contributed by atoms with Crippen molar-refractivity contribution in [1.29, 1.82) is 0 Å². The average molecular weight is 393 g/mol. The van der Waals surface area contributed by atoms with Crippen LogP contribution in [0.15, 0.2) is 48.8 Å². The number of halogens is 1. The molecule has 0 N–H and O–H groups in total. The Labute approximate surface area is 158 Å². The number of rotatable bonds is 6. The van der Waals surface area contributed by atoms with Crippen molar-refractivity contribution in [2.24, 2.45) is 5.92 Å². The summed E-state index contributed by atoms with van der Waals surface area (Å²) in [6, 6.07) is 11.3. The molecule has 138 valence electrons. The van der Waals surface area contributed by atoms with Crippen molar-refractivity contribution in [1.82, 2.24) is 9.88 Å². The monoisotopic (exact) mass is 392 g/mol. The van der Waals surface area contributed by atoms with E-state index < -0.39 is 15.8 Å². The first kappa shape index (κ1) is 18.9. The molecule has 0 saturated carbocycles. The third-order valence-electron chi connectivity index (χ3n) is 4.57. The molecule has 1 fully saturated rings. The lowest BCUT2D eigenvalue weighted by Gasteiger charge is -2.25. The van der Waals surface area contributed by atoms with Gasteiger partial charge >= 0.3 is 0 Å². The van der Waals surface area contributed by atoms with Gasteiger partial charge in [-0.3, -0.25) is 9.78 Å². The van der Waals surface area contributed by atoms with Gasteiger partial charge in [0.05, 0.1) is 17.4 Å². The average Bonchev–Trinajstić information content (AvgIpc) is 3.00. The first-order chi connectivity index (χ1) is 12.4. The summed E-state index contributed by atoms with van der Waals surface area (Å²) in [5, 5.41) is 0.674. The summed E-state index contributed by atoms with van der Waals surface area (Å²) < 4.78 is 23.5. The highest BCUT2D eigenvalue weighted by Gasteiger charge is 2.35. The first-order valence-electron chi connectivity index (χ1n) is 8.55. The summed E-state index contributed by atoms with van der Waals surface area (Å²) in [5.74, 6) is -0.483. The van der Waals surface area contributed by atoms with E-state index in [0.717, 1.165) is 11.1 Å². The van der Waals surface area contributed by atoms with Crippen LogP contribution < -0.4 is 0 Å². The van der Waals surface area contributed by atoms with E-state index in [9.17, 15) is 13.2 Å². The van der Waals surface area contributed by atoms with Crippen LogP contribution in [-0.4, -0.2) is 42.3 Å². The summed E-state index contributed by atoms with van der Waals surface area (Å²) in [7, 11) is -3.09. The van der Waals surface area contributed by atoms with Gasteiger partial charge in [0, 0.05) is 30.5 Å². The number of benzene rings is 1. The lowest BCUT2D eigenvalue weighted by Crippen LogP contribution is -2.37. The predicted molar refractivity (Wildman–Crippen MR) is 102 cm³/mol. The zero-order chi connectivity index (χ0) is 18.6. The highest BCUT2D eigenvalue weighted by molar-refractivity contribution is 7.91. The maximum absolute atomic E-state index is 12.9. The predicted octanol–water partition coefficient (Wildman–Crippen LogP) is 2.74. The Hall–Kier alpha value is -1.92. The Bertz CT molecular complexity index is 854. The molecule has 3 rings (SSSR count). The summed E-state index contributed by atoms with van der Waals surface area (Å²) in [5.41, 5.74) is 2.01. The minimum Gasteiger partial charge on any atom is -0.338 e. The van der Waals surface area contributed by atoms with Gasteiger partial charge in [0.25, 0.3) is 0 Å². The molecule has 7 heteroatoms. The van der Waals surface area contributed by atoms with Gasteiger partial charge in [-0.05, 0) is 42.2 Å². The van der Waals surface area contributed by atoms with E-state index in [1.807, 2.05) is 36.4 Å². The van der Waals surface area contributed by atoms with Crippen LogP contribution >= 0.6 is 11.6 Å². The van der Waals surface area contributed by atoms with E-state index >= 15 is 0 Å². The molecule has 5 nitrogen and oxygen atoms in total. The quantitative estimate of drug-likeness (QED) is 0.758. The second kappa shape index (κ2) is 8.18. The third-order valence-corrected chi connectivity index (χ3v) is 6.59. The fourth-order valence-corrected chi connectivity index (χ4v) is 5.00. The Kier molecular flexibility index (Phi) is 5.94. The topological polar surface area (TPSA) is 67.3 Å². The van der Waals surface area contributed by atoms with Crippen LogP contribution in [0.3, 0.4) is 0 Å². The van der Waals surface area contributed by atoms with Gasteiger partial charge in [-0.2, -0.15) is 0 Å². The number of nitrogens with zero attached hydrogens (tertiary/aromatic N) is 2. The maximum atomic E-state index is 12.9. The first-order valence-corrected chi connectivity index (χ1v) is 10.8. The van der Waals surface area contributed by atoms with Gasteiger partial charge in [-0.15, -0.1) is 0 Å². The number of carbonyl (C=O) groups excluding carboxylic acids is 1. The minimum atomic E-state index is -3.09. The lowest BCUT2D eigenvalue weighted by atomic mass is 10.1. The summed E-state index contributed by atoms with van der Waals surface area (Å²) in [6.45, 7) is 0.947. The van der Waals surface area contributed by atoms with Crippen molar-refractivity contribution in [3.63, 3.8) is 0 Å². The third kappa shape index (κ3) is 5.05. The number of sulfone groups is 1. The summed E-state index contributed by atoms with van der Waals surface area (Å²) in [6.07, 6.45) is 4.51. The van der Waals surface area contributed by atoms with E-state index in [4.69, 9.17) is 11.6 Å². The van der Waals surface area contributed by atoms with E-state index in [1.54, 1.807) is 17.3 Å². The normalized spacial score (nSPS) is 18.6. The van der Waals surface area contributed by atoms with Gasteiger partial charge in [-0.25, -0.2) is 8.42 Å². The molecule has 1 aromatic carbocycles. The molecule has 1 aliphatic heterocycles. The number of amides is 1. The van der Waals surface area contributed by atoms with E-state index in [-0.39, 0.29) is 17.4 Å². The second-order valence-electron chi connectivity index (χ2n) is 6.60. The number of hydrogen-bond acceptors (Lipinski definition) is 4. The number of aromatic nitrogens is 1. The number of carbonyl (C=O) groups is 1. The van der Waals surface area contributed by atoms with Crippen LogP contribution in [0, 0.1) is 5.92 Å². The van der Waals surface area contributed by atoms with Crippen LogP contribution in [0.5, 0.6) is 0 Å². The molecule has 0 bridgehead atoms. The molecule has 1 amide bonds. The van der Waals surface area contributed by atoms with E-state index in [0.29, 0.717) is 31.0 Å². The van der Waals surface area contributed by atoms with Gasteiger partial charge < -0.3 is 4.90 Å². The highest BCUT2D eigenvalue weighted by Crippen LogP contribution is 2.22. The largest absolute Gasteiger partial charge is 0.338 e. The molecule has 1 atom stereocenters. The zero-order valence-corrected chi connectivity index (χ0v) is 15.9. The minimum absolute atomic E-state index is 0.0453. The lowest BCUT2D eigenvalue weighted by molar-refractivity contribution is -0.135. The van der Waals surface area contributed by atoms with Gasteiger partial charge in [0.1, 0.15) is 0 Å². The molecule has 1 aromatic heterocycles. The van der Waals surface area contributed by atoms with Crippen LogP contribution in [0.1, 0.15) is 17.5 Å².